The van der Waals surface area contributed by atoms with E-state index in [0.717, 1.165) is 22.6 Å². The van der Waals surface area contributed by atoms with Crippen LogP contribution in [-0.2, 0) is 5.75 Å². The van der Waals surface area contributed by atoms with Crippen LogP contribution >= 0.6 is 11.8 Å². The topological polar surface area (TPSA) is 37.8 Å². The third kappa shape index (κ3) is 3.09. The lowest BCUT2D eigenvalue weighted by molar-refractivity contribution is 0.886. The van der Waals surface area contributed by atoms with Crippen LogP contribution in [0.4, 0.5) is 5.82 Å². The number of hydrogen-bond donors (Lipinski definition) is 1. The molecule has 0 saturated heterocycles. The fourth-order valence-corrected chi connectivity index (χ4v) is 3.05. The summed E-state index contributed by atoms with van der Waals surface area (Å²) in [7, 11) is 1.89. The van der Waals surface area contributed by atoms with Gasteiger partial charge in [0.15, 0.2) is 0 Å². The highest BCUT2D eigenvalue weighted by molar-refractivity contribution is 7.99. The van der Waals surface area contributed by atoms with Crippen molar-refractivity contribution >= 4 is 17.6 Å². The first-order valence-electron chi connectivity index (χ1n) is 5.50. The van der Waals surface area contributed by atoms with Crippen molar-refractivity contribution in [3.05, 3.63) is 18.1 Å². The van der Waals surface area contributed by atoms with Crippen molar-refractivity contribution in [2.45, 2.75) is 36.7 Å². The minimum atomic E-state index is 0.840. The Balaban J connectivity index is 1.86. The summed E-state index contributed by atoms with van der Waals surface area (Å²) in [5, 5.41) is 3.87. The minimum Gasteiger partial charge on any atom is -0.373 e. The van der Waals surface area contributed by atoms with E-state index in [4.69, 9.17) is 0 Å². The SMILES string of the molecule is CNc1ccnc(CSC2CCCC2)n1. The molecule has 15 heavy (non-hydrogen) atoms. The van der Waals surface area contributed by atoms with Crippen molar-refractivity contribution in [1.29, 1.82) is 0 Å². The van der Waals surface area contributed by atoms with Crippen LogP contribution in [0, 0.1) is 0 Å². The summed E-state index contributed by atoms with van der Waals surface area (Å²) in [6.45, 7) is 0. The maximum Gasteiger partial charge on any atom is 0.140 e. The molecular formula is C11H17N3S. The highest BCUT2D eigenvalue weighted by Gasteiger charge is 2.15. The molecule has 82 valence electrons. The summed E-state index contributed by atoms with van der Waals surface area (Å²) < 4.78 is 0. The van der Waals surface area contributed by atoms with E-state index in [1.165, 1.54) is 25.7 Å². The van der Waals surface area contributed by atoms with E-state index in [9.17, 15) is 0 Å². The lowest BCUT2D eigenvalue weighted by Gasteiger charge is -2.07. The minimum absolute atomic E-state index is 0.840. The second kappa shape index (κ2) is 5.35. The fourth-order valence-electron chi connectivity index (χ4n) is 1.86. The quantitative estimate of drug-likeness (QED) is 0.851. The number of anilines is 1. The average Bonchev–Trinajstić information content (AvgIpc) is 2.79. The number of rotatable bonds is 4. The molecule has 0 spiro atoms. The molecule has 1 fully saturated rings. The van der Waals surface area contributed by atoms with Crippen LogP contribution in [0.15, 0.2) is 12.3 Å². The average molecular weight is 223 g/mol. The summed E-state index contributed by atoms with van der Waals surface area (Å²) in [5.74, 6) is 2.80. The van der Waals surface area contributed by atoms with Gasteiger partial charge in [-0.15, -0.1) is 0 Å². The maximum atomic E-state index is 4.41. The Hall–Kier alpha value is -0.770. The highest BCUT2D eigenvalue weighted by Crippen LogP contribution is 2.30. The van der Waals surface area contributed by atoms with Gasteiger partial charge in [-0.1, -0.05) is 12.8 Å². The third-order valence-electron chi connectivity index (χ3n) is 2.71. The van der Waals surface area contributed by atoms with Gasteiger partial charge in [0, 0.05) is 18.5 Å². The van der Waals surface area contributed by atoms with Crippen molar-refractivity contribution in [2.24, 2.45) is 0 Å². The zero-order valence-corrected chi connectivity index (χ0v) is 9.89. The smallest absolute Gasteiger partial charge is 0.140 e. The molecule has 1 saturated carbocycles. The van der Waals surface area contributed by atoms with Crippen molar-refractivity contribution < 1.29 is 0 Å². The lowest BCUT2D eigenvalue weighted by Crippen LogP contribution is -2.00. The molecule has 4 heteroatoms. The van der Waals surface area contributed by atoms with E-state index in [0.29, 0.717) is 0 Å². The molecule has 0 unspecified atom stereocenters. The molecule has 3 nitrogen and oxygen atoms in total. The number of nitrogens with one attached hydrogen (secondary N) is 1. The third-order valence-corrected chi connectivity index (χ3v) is 4.08. The van der Waals surface area contributed by atoms with Gasteiger partial charge in [0.25, 0.3) is 0 Å². The van der Waals surface area contributed by atoms with Gasteiger partial charge in [-0.25, -0.2) is 9.97 Å². The van der Waals surface area contributed by atoms with E-state index in [1.807, 2.05) is 31.1 Å². The Morgan fingerprint density at radius 1 is 1.47 bits per heavy atom. The summed E-state index contributed by atoms with van der Waals surface area (Å²) in [6, 6.07) is 1.89. The van der Waals surface area contributed by atoms with Crippen LogP contribution in [0.1, 0.15) is 31.5 Å². The van der Waals surface area contributed by atoms with E-state index < -0.39 is 0 Å². The molecular weight excluding hydrogens is 206 g/mol. The molecule has 1 aliphatic rings. The van der Waals surface area contributed by atoms with Crippen molar-refractivity contribution in [1.82, 2.24) is 9.97 Å². The summed E-state index contributed by atoms with van der Waals surface area (Å²) in [6.07, 6.45) is 7.36. The van der Waals surface area contributed by atoms with Crippen LogP contribution in [0.25, 0.3) is 0 Å². The molecule has 0 radical (unpaired) electrons. The zero-order chi connectivity index (χ0) is 10.5. The lowest BCUT2D eigenvalue weighted by atomic mass is 10.4. The Morgan fingerprint density at radius 3 is 3.00 bits per heavy atom. The van der Waals surface area contributed by atoms with Gasteiger partial charge in [0.05, 0.1) is 5.75 Å². The maximum absolute atomic E-state index is 4.41. The standard InChI is InChI=1S/C11H17N3S/c1-12-10-6-7-13-11(14-10)8-15-9-4-2-3-5-9/h6-7,9H,2-5,8H2,1H3,(H,12,13,14). The molecule has 0 aliphatic heterocycles. The predicted molar refractivity (Wildman–Crippen MR) is 65.1 cm³/mol. The molecule has 0 amide bonds. The van der Waals surface area contributed by atoms with Gasteiger partial charge in [-0.2, -0.15) is 11.8 Å². The number of hydrogen-bond acceptors (Lipinski definition) is 4. The van der Waals surface area contributed by atoms with Crippen molar-refractivity contribution in [2.75, 3.05) is 12.4 Å². The van der Waals surface area contributed by atoms with E-state index in [2.05, 4.69) is 15.3 Å². The molecule has 0 aromatic carbocycles. The summed E-state index contributed by atoms with van der Waals surface area (Å²) in [5.41, 5.74) is 0. The molecule has 0 atom stereocenters. The van der Waals surface area contributed by atoms with Crippen LogP contribution in [0.5, 0.6) is 0 Å². The van der Waals surface area contributed by atoms with Crippen molar-refractivity contribution in [3.8, 4) is 0 Å². The number of nitrogens with zero attached hydrogens (tertiary/aromatic N) is 2. The second-order valence-corrected chi connectivity index (χ2v) is 5.11. The molecule has 1 N–H and O–H groups in total. The van der Waals surface area contributed by atoms with Crippen LogP contribution in [0.3, 0.4) is 0 Å². The Morgan fingerprint density at radius 2 is 2.27 bits per heavy atom. The van der Waals surface area contributed by atoms with Crippen LogP contribution in [-0.4, -0.2) is 22.3 Å². The molecule has 1 aromatic rings. The van der Waals surface area contributed by atoms with Gasteiger partial charge in [0.1, 0.15) is 11.6 Å². The molecule has 1 aromatic heterocycles. The first kappa shape index (κ1) is 10.7. The summed E-state index contributed by atoms with van der Waals surface area (Å²) >= 11 is 2.00. The van der Waals surface area contributed by atoms with Gasteiger partial charge in [0.2, 0.25) is 0 Å². The van der Waals surface area contributed by atoms with E-state index in [1.54, 1.807) is 0 Å². The zero-order valence-electron chi connectivity index (χ0n) is 9.07. The van der Waals surface area contributed by atoms with Gasteiger partial charge in [-0.05, 0) is 18.9 Å². The number of thioether (sulfide) groups is 1. The molecule has 2 rings (SSSR count). The summed E-state index contributed by atoms with van der Waals surface area (Å²) in [4.78, 5) is 8.69. The number of aromatic nitrogens is 2. The predicted octanol–water partition coefficient (Wildman–Crippen LogP) is 2.69. The van der Waals surface area contributed by atoms with E-state index in [-0.39, 0.29) is 0 Å². The first-order chi connectivity index (χ1) is 7.38. The Bertz CT molecular complexity index is 310. The largest absolute Gasteiger partial charge is 0.373 e. The van der Waals surface area contributed by atoms with Crippen molar-refractivity contribution in [3.63, 3.8) is 0 Å². The molecule has 1 heterocycles. The molecule has 1 aliphatic carbocycles. The fraction of sp³-hybridized carbons (Fsp3) is 0.636. The van der Waals surface area contributed by atoms with Crippen LogP contribution < -0.4 is 5.32 Å². The van der Waals surface area contributed by atoms with Gasteiger partial charge >= 0.3 is 0 Å². The first-order valence-corrected chi connectivity index (χ1v) is 6.54. The second-order valence-electron chi connectivity index (χ2n) is 3.83. The van der Waals surface area contributed by atoms with Gasteiger partial charge < -0.3 is 5.32 Å². The van der Waals surface area contributed by atoms with Crippen LogP contribution in [0.2, 0.25) is 0 Å². The Labute approximate surface area is 95.1 Å². The Kier molecular flexibility index (Phi) is 3.83. The van der Waals surface area contributed by atoms with Gasteiger partial charge in [-0.3, -0.25) is 0 Å². The van der Waals surface area contributed by atoms with E-state index >= 15 is 0 Å². The highest BCUT2D eigenvalue weighted by atomic mass is 32.2. The normalized spacial score (nSPS) is 16.9. The monoisotopic (exact) mass is 223 g/mol. The molecule has 0 bridgehead atoms.